The third-order valence-corrected chi connectivity index (χ3v) is 5.16. The topological polar surface area (TPSA) is 75.7 Å². The first-order valence-corrected chi connectivity index (χ1v) is 10.4. The molecule has 1 heterocycles. The predicted octanol–water partition coefficient (Wildman–Crippen LogP) is 4.16. The minimum Gasteiger partial charge on any atom is -0.497 e. The quantitative estimate of drug-likeness (QED) is 0.537. The average molecular weight is 427 g/mol. The van der Waals surface area contributed by atoms with Crippen molar-refractivity contribution >= 4 is 23.1 Å². The molecule has 30 heavy (non-hydrogen) atoms. The number of likely N-dealkylation sites (N-methyl/N-ethyl adjacent to an activating group) is 1. The Morgan fingerprint density at radius 1 is 1.17 bits per heavy atom. The van der Waals surface area contributed by atoms with Crippen LogP contribution in [-0.4, -0.2) is 43.7 Å². The standard InChI is InChI=1S/C22H26N4O3S/c1-26(2)21(16-6-4-8-19(10-16)28-3)12-23-22(27)25-17-7-5-9-20(11-17)29-13-18-14-30-15-24-18/h4-11,14-15,21H,12-13H2,1-3H3,(H2,23,25,27). The molecular weight excluding hydrogens is 400 g/mol. The smallest absolute Gasteiger partial charge is 0.319 e. The Labute approximate surface area is 180 Å². The van der Waals surface area contributed by atoms with Crippen LogP contribution in [0.1, 0.15) is 17.3 Å². The number of nitrogens with one attached hydrogen (secondary N) is 2. The molecule has 8 heteroatoms. The van der Waals surface area contributed by atoms with Crippen LogP contribution in [0.2, 0.25) is 0 Å². The van der Waals surface area contributed by atoms with Crippen LogP contribution in [-0.2, 0) is 6.61 Å². The van der Waals surface area contributed by atoms with Crippen molar-refractivity contribution in [2.45, 2.75) is 12.6 Å². The molecule has 7 nitrogen and oxygen atoms in total. The van der Waals surface area contributed by atoms with Crippen LogP contribution in [0.25, 0.3) is 0 Å². The van der Waals surface area contributed by atoms with E-state index in [-0.39, 0.29) is 12.1 Å². The molecule has 0 spiro atoms. The van der Waals surface area contributed by atoms with Crippen molar-refractivity contribution in [2.75, 3.05) is 33.1 Å². The first-order chi connectivity index (χ1) is 14.5. The van der Waals surface area contributed by atoms with Crippen molar-refractivity contribution in [3.05, 3.63) is 70.7 Å². The molecule has 1 aromatic heterocycles. The number of carbonyl (C=O) groups excluding carboxylic acids is 1. The number of benzene rings is 2. The molecule has 0 saturated heterocycles. The van der Waals surface area contributed by atoms with Crippen LogP contribution in [0.3, 0.4) is 0 Å². The number of rotatable bonds is 9. The fourth-order valence-electron chi connectivity index (χ4n) is 2.94. The fourth-order valence-corrected chi connectivity index (χ4v) is 3.48. The van der Waals surface area contributed by atoms with Gasteiger partial charge in [0.15, 0.2) is 0 Å². The van der Waals surface area contributed by atoms with Crippen molar-refractivity contribution in [2.24, 2.45) is 0 Å². The molecule has 0 bridgehead atoms. The lowest BCUT2D eigenvalue weighted by atomic mass is 10.1. The Hall–Kier alpha value is -3.10. The first kappa shape index (κ1) is 21.6. The van der Waals surface area contributed by atoms with Crippen LogP contribution in [0.5, 0.6) is 11.5 Å². The zero-order chi connectivity index (χ0) is 21.3. The summed E-state index contributed by atoms with van der Waals surface area (Å²) < 4.78 is 11.0. The van der Waals surface area contributed by atoms with Crippen molar-refractivity contribution in [3.8, 4) is 11.5 Å². The van der Waals surface area contributed by atoms with Gasteiger partial charge in [0, 0.05) is 23.7 Å². The van der Waals surface area contributed by atoms with Gasteiger partial charge in [0.2, 0.25) is 0 Å². The van der Waals surface area contributed by atoms with Crippen LogP contribution in [0.15, 0.2) is 59.4 Å². The molecule has 1 atom stereocenters. The highest BCUT2D eigenvalue weighted by Crippen LogP contribution is 2.22. The number of urea groups is 1. The maximum Gasteiger partial charge on any atom is 0.319 e. The Bertz CT molecular complexity index is 947. The molecule has 0 radical (unpaired) electrons. The Morgan fingerprint density at radius 3 is 2.70 bits per heavy atom. The van der Waals surface area contributed by atoms with Gasteiger partial charge in [0.1, 0.15) is 18.1 Å². The minimum atomic E-state index is -0.276. The molecule has 0 aliphatic carbocycles. The Kier molecular flexibility index (Phi) is 7.64. The van der Waals surface area contributed by atoms with E-state index in [1.54, 1.807) is 18.7 Å². The molecule has 0 aliphatic rings. The van der Waals surface area contributed by atoms with E-state index >= 15 is 0 Å². The summed E-state index contributed by atoms with van der Waals surface area (Å²) in [5.41, 5.74) is 4.37. The van der Waals surface area contributed by atoms with Gasteiger partial charge in [-0.25, -0.2) is 9.78 Å². The summed E-state index contributed by atoms with van der Waals surface area (Å²) in [7, 11) is 5.60. The van der Waals surface area contributed by atoms with Crippen molar-refractivity contribution in [1.29, 1.82) is 0 Å². The lowest BCUT2D eigenvalue weighted by molar-refractivity contribution is 0.243. The number of aromatic nitrogens is 1. The van der Waals surface area contributed by atoms with Gasteiger partial charge in [0.25, 0.3) is 0 Å². The molecule has 2 aromatic carbocycles. The summed E-state index contributed by atoms with van der Waals surface area (Å²) in [6.45, 7) is 0.843. The van der Waals surface area contributed by atoms with Gasteiger partial charge in [-0.15, -0.1) is 11.3 Å². The molecule has 0 aliphatic heterocycles. The SMILES string of the molecule is COc1cccc(C(CNC(=O)Nc2cccc(OCc3cscn3)c2)N(C)C)c1. The summed E-state index contributed by atoms with van der Waals surface area (Å²) in [5, 5.41) is 7.74. The molecule has 2 N–H and O–H groups in total. The van der Waals surface area contributed by atoms with E-state index in [2.05, 4.69) is 20.5 Å². The first-order valence-electron chi connectivity index (χ1n) is 9.50. The van der Waals surface area contributed by atoms with Crippen LogP contribution < -0.4 is 20.1 Å². The summed E-state index contributed by atoms with van der Waals surface area (Å²) in [4.78, 5) is 18.7. The number of thiazole rings is 1. The number of carbonyl (C=O) groups is 1. The predicted molar refractivity (Wildman–Crippen MR) is 119 cm³/mol. The summed E-state index contributed by atoms with van der Waals surface area (Å²) in [5.74, 6) is 1.46. The van der Waals surface area contributed by atoms with Crippen molar-refractivity contribution in [1.82, 2.24) is 15.2 Å². The molecule has 158 valence electrons. The van der Waals surface area contributed by atoms with Gasteiger partial charge in [-0.1, -0.05) is 18.2 Å². The summed E-state index contributed by atoms with van der Waals surface area (Å²) in [6.07, 6.45) is 0. The van der Waals surface area contributed by atoms with Gasteiger partial charge < -0.3 is 25.0 Å². The van der Waals surface area contributed by atoms with Crippen molar-refractivity contribution < 1.29 is 14.3 Å². The maximum atomic E-state index is 12.4. The molecule has 2 amide bonds. The fraction of sp³-hybridized carbons (Fsp3) is 0.273. The van der Waals surface area contributed by atoms with E-state index < -0.39 is 0 Å². The lowest BCUT2D eigenvalue weighted by Crippen LogP contribution is -2.36. The number of ether oxygens (including phenoxy) is 2. The zero-order valence-corrected chi connectivity index (χ0v) is 18.1. The van der Waals surface area contributed by atoms with Gasteiger partial charge in [-0.2, -0.15) is 0 Å². The molecule has 0 saturated carbocycles. The normalized spacial score (nSPS) is 11.7. The number of hydrogen-bond donors (Lipinski definition) is 2. The van der Waals surface area contributed by atoms with E-state index in [1.165, 1.54) is 11.3 Å². The average Bonchev–Trinajstić information content (AvgIpc) is 3.26. The molecule has 1 unspecified atom stereocenters. The molecule has 3 aromatic rings. The van der Waals surface area contributed by atoms with E-state index in [0.29, 0.717) is 24.6 Å². The third kappa shape index (κ3) is 6.20. The number of anilines is 1. The number of nitrogens with zero attached hydrogens (tertiary/aromatic N) is 2. The van der Waals surface area contributed by atoms with Crippen molar-refractivity contribution in [3.63, 3.8) is 0 Å². The molecular formula is C22H26N4O3S. The highest BCUT2D eigenvalue weighted by Gasteiger charge is 2.16. The number of methoxy groups -OCH3 is 1. The van der Waals surface area contributed by atoms with Gasteiger partial charge >= 0.3 is 6.03 Å². The van der Waals surface area contributed by atoms with Gasteiger partial charge in [-0.3, -0.25) is 0 Å². The monoisotopic (exact) mass is 426 g/mol. The molecule has 3 rings (SSSR count). The van der Waals surface area contributed by atoms with E-state index in [1.807, 2.05) is 61.9 Å². The summed E-state index contributed by atoms with van der Waals surface area (Å²) in [6, 6.07) is 14.9. The summed E-state index contributed by atoms with van der Waals surface area (Å²) >= 11 is 1.53. The number of hydrogen-bond acceptors (Lipinski definition) is 6. The zero-order valence-electron chi connectivity index (χ0n) is 17.3. The van der Waals surface area contributed by atoms with Crippen LogP contribution in [0, 0.1) is 0 Å². The number of amides is 2. The maximum absolute atomic E-state index is 12.4. The minimum absolute atomic E-state index is 0.0126. The van der Waals surface area contributed by atoms with E-state index in [9.17, 15) is 4.79 Å². The third-order valence-electron chi connectivity index (χ3n) is 4.52. The second-order valence-electron chi connectivity index (χ2n) is 6.89. The van der Waals surface area contributed by atoms with E-state index in [0.717, 1.165) is 17.0 Å². The van der Waals surface area contributed by atoms with Crippen LogP contribution >= 0.6 is 11.3 Å². The second-order valence-corrected chi connectivity index (χ2v) is 7.61. The Morgan fingerprint density at radius 2 is 1.97 bits per heavy atom. The van der Waals surface area contributed by atoms with Gasteiger partial charge in [0.05, 0.1) is 24.4 Å². The second kappa shape index (κ2) is 10.6. The van der Waals surface area contributed by atoms with Gasteiger partial charge in [-0.05, 0) is 43.9 Å². The highest BCUT2D eigenvalue weighted by atomic mass is 32.1. The largest absolute Gasteiger partial charge is 0.497 e. The van der Waals surface area contributed by atoms with Crippen LogP contribution in [0.4, 0.5) is 10.5 Å². The highest BCUT2D eigenvalue weighted by molar-refractivity contribution is 7.07. The lowest BCUT2D eigenvalue weighted by Gasteiger charge is -2.25. The van der Waals surface area contributed by atoms with E-state index in [4.69, 9.17) is 9.47 Å². The Balaban J connectivity index is 1.55. The molecule has 0 fully saturated rings.